The second-order valence-electron chi connectivity index (χ2n) is 9.13. The summed E-state index contributed by atoms with van der Waals surface area (Å²) >= 11 is 0. The van der Waals surface area contributed by atoms with E-state index in [-0.39, 0.29) is 12.1 Å². The van der Waals surface area contributed by atoms with Crippen LogP contribution in [-0.2, 0) is 16.1 Å². The first-order valence-corrected chi connectivity index (χ1v) is 12.4. The van der Waals surface area contributed by atoms with E-state index in [0.29, 0.717) is 5.92 Å². The lowest BCUT2D eigenvalue weighted by Crippen LogP contribution is -2.46. The summed E-state index contributed by atoms with van der Waals surface area (Å²) in [5.74, 6) is -3.10. The number of carbonyl (C=O) groups excluding carboxylic acids is 1. The van der Waals surface area contributed by atoms with E-state index in [2.05, 4.69) is 57.3 Å². The van der Waals surface area contributed by atoms with Gasteiger partial charge in [-0.25, -0.2) is 19.4 Å². The first kappa shape index (κ1) is 26.4. The molecule has 0 spiro atoms. The average molecular weight is 515 g/mol. The van der Waals surface area contributed by atoms with Gasteiger partial charge in [-0.05, 0) is 42.0 Å². The van der Waals surface area contributed by atoms with Crippen molar-refractivity contribution in [1.82, 2.24) is 19.8 Å². The monoisotopic (exact) mass is 514 g/mol. The molecule has 0 bridgehead atoms. The minimum atomic E-state index is -1.82. The van der Waals surface area contributed by atoms with Crippen molar-refractivity contribution in [3.05, 3.63) is 102 Å². The zero-order valence-corrected chi connectivity index (χ0v) is 20.8. The van der Waals surface area contributed by atoms with Crippen molar-refractivity contribution in [3.63, 3.8) is 0 Å². The number of hydrogen-bond donors (Lipinski definition) is 3. The van der Waals surface area contributed by atoms with E-state index in [4.69, 9.17) is 19.8 Å². The number of benzene rings is 3. The molecule has 38 heavy (non-hydrogen) atoms. The average Bonchev–Trinajstić information content (AvgIpc) is 3.36. The van der Waals surface area contributed by atoms with E-state index in [1.54, 1.807) is 0 Å². The molecule has 2 amide bonds. The molecule has 0 atom stereocenters. The summed E-state index contributed by atoms with van der Waals surface area (Å²) in [5.41, 5.74) is 4.40. The Morgan fingerprint density at radius 2 is 1.34 bits per heavy atom. The fourth-order valence-electron chi connectivity index (χ4n) is 4.62. The van der Waals surface area contributed by atoms with Crippen LogP contribution in [0.15, 0.2) is 91.3 Å². The molecular formula is C29H30N4O5. The summed E-state index contributed by atoms with van der Waals surface area (Å²) in [7, 11) is 0. The lowest BCUT2D eigenvalue weighted by Gasteiger charge is -2.33. The minimum Gasteiger partial charge on any atom is -0.473 e. The number of amides is 2. The van der Waals surface area contributed by atoms with Crippen molar-refractivity contribution in [2.75, 3.05) is 13.1 Å². The molecule has 3 aromatic carbocycles. The smallest absolute Gasteiger partial charge is 0.414 e. The summed E-state index contributed by atoms with van der Waals surface area (Å²) < 4.78 is 2.25. The summed E-state index contributed by atoms with van der Waals surface area (Å²) in [6, 6.07) is 28.5. The van der Waals surface area contributed by atoms with Crippen LogP contribution in [0.5, 0.6) is 0 Å². The minimum absolute atomic E-state index is 0.00855. The Kier molecular flexibility index (Phi) is 8.71. The lowest BCUT2D eigenvalue weighted by atomic mass is 9.96. The first-order chi connectivity index (χ1) is 18.4. The van der Waals surface area contributed by atoms with Gasteiger partial charge in [0.15, 0.2) is 0 Å². The van der Waals surface area contributed by atoms with Crippen LogP contribution >= 0.6 is 0 Å². The summed E-state index contributed by atoms with van der Waals surface area (Å²) in [4.78, 5) is 37.8. The first-order valence-electron chi connectivity index (χ1n) is 12.4. The number of carboxylic acid groups (broad SMARTS) is 2. The predicted octanol–water partition coefficient (Wildman–Crippen LogP) is 4.40. The maximum absolute atomic E-state index is 13.2. The van der Waals surface area contributed by atoms with E-state index in [1.165, 1.54) is 5.52 Å². The highest BCUT2D eigenvalue weighted by Crippen LogP contribution is 2.25. The van der Waals surface area contributed by atoms with Crippen LogP contribution < -0.4 is 5.32 Å². The molecule has 0 radical (unpaired) electrons. The lowest BCUT2D eigenvalue weighted by molar-refractivity contribution is -0.159. The number of hydrogen-bond acceptors (Lipinski definition) is 4. The second kappa shape index (κ2) is 12.5. The fourth-order valence-corrected chi connectivity index (χ4v) is 4.62. The number of likely N-dealkylation sites (tertiary alicyclic amines) is 1. The maximum Gasteiger partial charge on any atom is 0.414 e. The number of nitrogens with zero attached hydrogens (tertiary/aromatic N) is 3. The van der Waals surface area contributed by atoms with Gasteiger partial charge in [0, 0.05) is 19.6 Å². The Hall–Kier alpha value is -4.66. The van der Waals surface area contributed by atoms with Crippen LogP contribution in [0.25, 0.3) is 11.0 Å². The molecule has 1 saturated heterocycles. The number of para-hydroxylation sites is 2. The number of fused-ring (bicyclic) bond motifs is 1. The fraction of sp³-hybridized carbons (Fsp3) is 0.241. The van der Waals surface area contributed by atoms with Crippen LogP contribution in [0, 0.1) is 5.92 Å². The van der Waals surface area contributed by atoms with Crippen LogP contribution in [0.1, 0.15) is 30.0 Å². The Balaban J connectivity index is 0.000000505. The number of carboxylic acids is 2. The van der Waals surface area contributed by atoms with E-state index >= 15 is 0 Å². The van der Waals surface area contributed by atoms with Crippen molar-refractivity contribution in [2.24, 2.45) is 5.92 Å². The number of aromatic nitrogens is 2. The predicted molar refractivity (Wildman–Crippen MR) is 143 cm³/mol. The number of aliphatic carboxylic acids is 2. The number of carbonyl (C=O) groups is 3. The molecule has 0 unspecified atom stereocenters. The molecule has 2 heterocycles. The van der Waals surface area contributed by atoms with Gasteiger partial charge < -0.3 is 25.0 Å². The molecule has 9 nitrogen and oxygen atoms in total. The van der Waals surface area contributed by atoms with Gasteiger partial charge in [-0.3, -0.25) is 0 Å². The van der Waals surface area contributed by atoms with Gasteiger partial charge >= 0.3 is 18.0 Å². The van der Waals surface area contributed by atoms with Crippen LogP contribution in [0.4, 0.5) is 4.79 Å². The largest absolute Gasteiger partial charge is 0.473 e. The number of nitrogens with one attached hydrogen (secondary N) is 1. The van der Waals surface area contributed by atoms with Gasteiger partial charge in [-0.1, -0.05) is 72.8 Å². The third-order valence-electron chi connectivity index (χ3n) is 6.60. The topological polar surface area (TPSA) is 125 Å². The number of urea groups is 1. The Bertz CT molecular complexity index is 1310. The van der Waals surface area contributed by atoms with Crippen molar-refractivity contribution >= 4 is 29.0 Å². The molecule has 1 aliphatic rings. The SMILES string of the molecule is O=C(NC(c1ccccc1)c1ccccc1)N1CCC(Cn2cnc3ccccc32)CC1.O=C(O)C(=O)O. The molecule has 1 aliphatic heterocycles. The Morgan fingerprint density at radius 1 is 0.816 bits per heavy atom. The molecule has 1 aromatic heterocycles. The van der Waals surface area contributed by atoms with Crippen molar-refractivity contribution < 1.29 is 24.6 Å². The molecule has 3 N–H and O–H groups in total. The highest BCUT2D eigenvalue weighted by molar-refractivity contribution is 6.27. The van der Waals surface area contributed by atoms with Gasteiger partial charge in [0.2, 0.25) is 0 Å². The zero-order valence-electron chi connectivity index (χ0n) is 20.8. The maximum atomic E-state index is 13.2. The van der Waals surface area contributed by atoms with Crippen LogP contribution in [-0.4, -0.2) is 55.7 Å². The van der Waals surface area contributed by atoms with Crippen molar-refractivity contribution in [2.45, 2.75) is 25.4 Å². The molecule has 1 fully saturated rings. The summed E-state index contributed by atoms with van der Waals surface area (Å²) in [6.45, 7) is 2.51. The highest BCUT2D eigenvalue weighted by Gasteiger charge is 2.26. The van der Waals surface area contributed by atoms with E-state index in [9.17, 15) is 4.79 Å². The number of rotatable bonds is 5. The number of imidazole rings is 1. The second-order valence-corrected chi connectivity index (χ2v) is 9.13. The zero-order chi connectivity index (χ0) is 26.9. The van der Waals surface area contributed by atoms with E-state index < -0.39 is 11.9 Å². The molecule has 196 valence electrons. The normalized spacial score (nSPS) is 13.6. The quantitative estimate of drug-likeness (QED) is 0.339. The Morgan fingerprint density at radius 3 is 1.89 bits per heavy atom. The van der Waals surface area contributed by atoms with Gasteiger partial charge in [-0.2, -0.15) is 0 Å². The van der Waals surface area contributed by atoms with E-state index in [0.717, 1.165) is 49.1 Å². The Labute approximate surface area is 220 Å². The van der Waals surface area contributed by atoms with Gasteiger partial charge in [-0.15, -0.1) is 0 Å². The third-order valence-corrected chi connectivity index (χ3v) is 6.60. The molecule has 4 aromatic rings. The molecule has 9 heteroatoms. The molecule has 0 aliphatic carbocycles. The molecule has 0 saturated carbocycles. The molecule has 5 rings (SSSR count). The van der Waals surface area contributed by atoms with E-state index in [1.807, 2.05) is 53.7 Å². The van der Waals surface area contributed by atoms with Gasteiger partial charge in [0.1, 0.15) is 0 Å². The summed E-state index contributed by atoms with van der Waals surface area (Å²) in [6.07, 6.45) is 3.94. The molecular weight excluding hydrogens is 484 g/mol. The summed E-state index contributed by atoms with van der Waals surface area (Å²) in [5, 5.41) is 18.1. The third kappa shape index (κ3) is 6.76. The van der Waals surface area contributed by atoms with Crippen LogP contribution in [0.3, 0.4) is 0 Å². The highest BCUT2D eigenvalue weighted by atomic mass is 16.4. The van der Waals surface area contributed by atoms with Gasteiger partial charge in [0.05, 0.1) is 23.4 Å². The number of piperidine rings is 1. The van der Waals surface area contributed by atoms with Gasteiger partial charge in [0.25, 0.3) is 0 Å². The van der Waals surface area contributed by atoms with Crippen LogP contribution in [0.2, 0.25) is 0 Å². The van der Waals surface area contributed by atoms with Crippen molar-refractivity contribution in [1.29, 1.82) is 0 Å². The van der Waals surface area contributed by atoms with Crippen molar-refractivity contribution in [3.8, 4) is 0 Å². The standard InChI is InChI=1S/C27H28N4O.C2H2O4/c32-27(29-26(22-9-3-1-4-10-22)23-11-5-2-6-12-23)30-17-15-21(16-18-30)19-31-20-28-24-13-7-8-14-25(24)31;3-1(4)2(5)6/h1-14,20-21,26H,15-19H2,(H,29,32);(H,3,4)(H,5,6).